The lowest BCUT2D eigenvalue weighted by Gasteiger charge is -1.83. The van der Waals surface area contributed by atoms with Gasteiger partial charge in [0.1, 0.15) is 0 Å². The molecule has 0 heterocycles. The molecule has 0 atom stereocenters. The lowest BCUT2D eigenvalue weighted by Crippen LogP contribution is -1.90. The highest BCUT2D eigenvalue weighted by atomic mass is 14.8. The summed E-state index contributed by atoms with van der Waals surface area (Å²) < 4.78 is 0. The van der Waals surface area contributed by atoms with Crippen LogP contribution in [0.3, 0.4) is 0 Å². The van der Waals surface area contributed by atoms with Crippen LogP contribution in [0.1, 0.15) is 14.4 Å². The molecule has 0 aromatic heterocycles. The summed E-state index contributed by atoms with van der Waals surface area (Å²) in [5, 5.41) is 2.86. The molecule has 0 saturated heterocycles. The Hall–Kier alpha value is -0.720. The fourth-order valence-corrected chi connectivity index (χ4v) is 0.226. The molecule has 48 valence electrons. The zero-order valence-electron chi connectivity index (χ0n) is 4.86. The van der Waals surface area contributed by atoms with Crippen LogP contribution in [0.15, 0.2) is 24.4 Å². The van der Waals surface area contributed by atoms with Gasteiger partial charge in [0.15, 0.2) is 0 Å². The first kappa shape index (κ1) is 10.3. The summed E-state index contributed by atoms with van der Waals surface area (Å²) >= 11 is 0. The van der Waals surface area contributed by atoms with Crippen LogP contribution in [-0.2, 0) is 0 Å². The second-order valence-corrected chi connectivity index (χ2v) is 1.47. The van der Waals surface area contributed by atoms with Gasteiger partial charge in [-0.2, -0.15) is 0 Å². The minimum atomic E-state index is 0. The smallest absolute Gasteiger partial charge is 0.00277 e. The molecule has 0 aliphatic rings. The standard InChI is InChI=1S/C6H11N.CH4/c1-6(2)4-5-7-3;/h4-5,7H,1H2,2-3H3;1H4. The first-order valence-corrected chi connectivity index (χ1v) is 2.26. The molecule has 0 amide bonds. The predicted molar refractivity (Wildman–Crippen MR) is 39.7 cm³/mol. The lowest BCUT2D eigenvalue weighted by atomic mass is 10.3. The van der Waals surface area contributed by atoms with Gasteiger partial charge in [0.05, 0.1) is 0 Å². The molecular weight excluding hydrogens is 98.1 g/mol. The van der Waals surface area contributed by atoms with E-state index < -0.39 is 0 Å². The van der Waals surface area contributed by atoms with Gasteiger partial charge >= 0.3 is 0 Å². The Bertz CT molecular complexity index is 82.4. The Morgan fingerprint density at radius 3 is 2.25 bits per heavy atom. The summed E-state index contributed by atoms with van der Waals surface area (Å²) in [6.07, 6.45) is 3.77. The molecule has 0 rings (SSSR count). The van der Waals surface area contributed by atoms with Gasteiger partial charge < -0.3 is 5.32 Å². The topological polar surface area (TPSA) is 12.0 Å². The fraction of sp³-hybridized carbons (Fsp3) is 0.429. The average molecular weight is 113 g/mol. The van der Waals surface area contributed by atoms with Crippen molar-refractivity contribution >= 4 is 0 Å². The van der Waals surface area contributed by atoms with Crippen LogP contribution in [0.2, 0.25) is 0 Å². The van der Waals surface area contributed by atoms with Gasteiger partial charge in [0, 0.05) is 7.05 Å². The Morgan fingerprint density at radius 2 is 2.12 bits per heavy atom. The molecule has 1 N–H and O–H groups in total. The van der Waals surface area contributed by atoms with Gasteiger partial charge in [-0.1, -0.05) is 19.6 Å². The second kappa shape index (κ2) is 6.28. The molecule has 0 aliphatic heterocycles. The summed E-state index contributed by atoms with van der Waals surface area (Å²) in [6.45, 7) is 5.62. The van der Waals surface area contributed by atoms with Crippen molar-refractivity contribution in [1.82, 2.24) is 5.32 Å². The minimum absolute atomic E-state index is 0. The summed E-state index contributed by atoms with van der Waals surface area (Å²) in [4.78, 5) is 0. The first-order valence-electron chi connectivity index (χ1n) is 2.26. The Kier molecular flexibility index (Phi) is 8.08. The highest BCUT2D eigenvalue weighted by Crippen LogP contribution is 1.84. The largest absolute Gasteiger partial charge is 0.394 e. The van der Waals surface area contributed by atoms with E-state index in [-0.39, 0.29) is 7.43 Å². The van der Waals surface area contributed by atoms with Crippen molar-refractivity contribution < 1.29 is 0 Å². The second-order valence-electron chi connectivity index (χ2n) is 1.47. The van der Waals surface area contributed by atoms with Crippen molar-refractivity contribution in [3.05, 3.63) is 24.4 Å². The zero-order chi connectivity index (χ0) is 5.70. The Morgan fingerprint density at radius 1 is 1.62 bits per heavy atom. The monoisotopic (exact) mass is 113 g/mol. The molecule has 8 heavy (non-hydrogen) atoms. The van der Waals surface area contributed by atoms with Crippen molar-refractivity contribution in [3.8, 4) is 0 Å². The predicted octanol–water partition coefficient (Wildman–Crippen LogP) is 1.93. The van der Waals surface area contributed by atoms with Crippen LogP contribution in [0.25, 0.3) is 0 Å². The maximum Gasteiger partial charge on any atom is 0.00277 e. The summed E-state index contributed by atoms with van der Waals surface area (Å²) in [6, 6.07) is 0. The SMILES string of the molecule is C.C=C(C)C=CNC. The van der Waals surface area contributed by atoms with E-state index in [0.717, 1.165) is 5.57 Å². The third-order valence-corrected chi connectivity index (χ3v) is 0.535. The van der Waals surface area contributed by atoms with E-state index in [1.165, 1.54) is 0 Å². The van der Waals surface area contributed by atoms with E-state index in [0.29, 0.717) is 0 Å². The molecule has 1 heteroatoms. The van der Waals surface area contributed by atoms with E-state index in [1.54, 1.807) is 0 Å². The van der Waals surface area contributed by atoms with Crippen molar-refractivity contribution in [1.29, 1.82) is 0 Å². The highest BCUT2D eigenvalue weighted by Gasteiger charge is 1.66. The maximum atomic E-state index is 3.67. The van der Waals surface area contributed by atoms with Crippen molar-refractivity contribution in [2.45, 2.75) is 14.4 Å². The molecule has 1 nitrogen and oxygen atoms in total. The van der Waals surface area contributed by atoms with Gasteiger partial charge in [-0.15, -0.1) is 0 Å². The van der Waals surface area contributed by atoms with E-state index in [9.17, 15) is 0 Å². The third kappa shape index (κ3) is 8.99. The number of rotatable bonds is 2. The molecule has 0 radical (unpaired) electrons. The van der Waals surface area contributed by atoms with Crippen molar-refractivity contribution in [2.24, 2.45) is 0 Å². The van der Waals surface area contributed by atoms with Gasteiger partial charge in [-0.3, -0.25) is 0 Å². The maximum absolute atomic E-state index is 3.67. The van der Waals surface area contributed by atoms with Crippen LogP contribution < -0.4 is 5.32 Å². The number of nitrogens with one attached hydrogen (secondary N) is 1. The molecular formula is C7H15N. The van der Waals surface area contributed by atoms with Crippen LogP contribution >= 0.6 is 0 Å². The van der Waals surface area contributed by atoms with Crippen LogP contribution in [0, 0.1) is 0 Å². The van der Waals surface area contributed by atoms with Gasteiger partial charge in [0.2, 0.25) is 0 Å². The van der Waals surface area contributed by atoms with Crippen LogP contribution in [-0.4, -0.2) is 7.05 Å². The Labute approximate surface area is 52.1 Å². The van der Waals surface area contributed by atoms with E-state index in [1.807, 2.05) is 26.2 Å². The van der Waals surface area contributed by atoms with Crippen LogP contribution in [0.5, 0.6) is 0 Å². The van der Waals surface area contributed by atoms with E-state index >= 15 is 0 Å². The summed E-state index contributed by atoms with van der Waals surface area (Å²) in [5.41, 5.74) is 1.06. The molecule has 0 aromatic carbocycles. The van der Waals surface area contributed by atoms with Crippen LogP contribution in [0.4, 0.5) is 0 Å². The summed E-state index contributed by atoms with van der Waals surface area (Å²) in [7, 11) is 1.86. The Balaban J connectivity index is 0. The molecule has 0 spiro atoms. The normalized spacial score (nSPS) is 8.25. The average Bonchev–Trinajstić information content (AvgIpc) is 1.61. The van der Waals surface area contributed by atoms with Gasteiger partial charge in [-0.05, 0) is 19.2 Å². The van der Waals surface area contributed by atoms with Gasteiger partial charge in [0.25, 0.3) is 0 Å². The summed E-state index contributed by atoms with van der Waals surface area (Å²) in [5.74, 6) is 0. The molecule has 0 bridgehead atoms. The highest BCUT2D eigenvalue weighted by molar-refractivity contribution is 5.09. The van der Waals surface area contributed by atoms with Crippen molar-refractivity contribution in [3.63, 3.8) is 0 Å². The van der Waals surface area contributed by atoms with E-state index in [2.05, 4.69) is 11.9 Å². The molecule has 0 aliphatic carbocycles. The molecule has 0 unspecified atom stereocenters. The third-order valence-electron chi connectivity index (χ3n) is 0.535. The quantitative estimate of drug-likeness (QED) is 0.539. The number of allylic oxidation sites excluding steroid dienone is 2. The van der Waals surface area contributed by atoms with Crippen molar-refractivity contribution in [2.75, 3.05) is 7.05 Å². The minimum Gasteiger partial charge on any atom is -0.394 e. The van der Waals surface area contributed by atoms with E-state index in [4.69, 9.17) is 0 Å². The first-order chi connectivity index (χ1) is 3.27. The molecule has 0 saturated carbocycles. The molecule has 0 aromatic rings. The number of hydrogen-bond acceptors (Lipinski definition) is 1. The zero-order valence-corrected chi connectivity index (χ0v) is 4.86. The number of hydrogen-bond donors (Lipinski definition) is 1. The fourth-order valence-electron chi connectivity index (χ4n) is 0.226. The van der Waals surface area contributed by atoms with Gasteiger partial charge in [-0.25, -0.2) is 0 Å². The molecule has 0 fully saturated rings. The lowest BCUT2D eigenvalue weighted by molar-refractivity contribution is 1.10.